The maximum atomic E-state index is 13.5. The van der Waals surface area contributed by atoms with Crippen LogP contribution in [0.3, 0.4) is 0 Å². The van der Waals surface area contributed by atoms with Crippen molar-refractivity contribution in [3.63, 3.8) is 0 Å². The van der Waals surface area contributed by atoms with Crippen LogP contribution in [-0.4, -0.2) is 45.3 Å². The molecular weight excluding hydrogens is 351 g/mol. The number of hydrogen-bond donors (Lipinski definition) is 1. The topological polar surface area (TPSA) is 83.0 Å². The SMILES string of the molecule is CC(C)(SCc1cccnc1)[C@H](N)C(=O)N1C[C@@H](F)C[C@H]1C#N.Cl. The summed E-state index contributed by atoms with van der Waals surface area (Å²) in [6.45, 7) is 3.73. The second kappa shape index (κ2) is 8.65. The summed E-state index contributed by atoms with van der Waals surface area (Å²) in [7, 11) is 0. The van der Waals surface area contributed by atoms with E-state index in [1.54, 1.807) is 24.2 Å². The zero-order valence-electron chi connectivity index (χ0n) is 13.7. The molecule has 0 saturated carbocycles. The first-order chi connectivity index (χ1) is 10.8. The molecule has 1 amide bonds. The fourth-order valence-corrected chi connectivity index (χ4v) is 3.46. The van der Waals surface area contributed by atoms with Crippen LogP contribution in [0.15, 0.2) is 24.5 Å². The van der Waals surface area contributed by atoms with Gasteiger partial charge < -0.3 is 10.6 Å². The number of nitriles is 1. The van der Waals surface area contributed by atoms with Crippen molar-refractivity contribution in [2.45, 2.75) is 49.0 Å². The van der Waals surface area contributed by atoms with Gasteiger partial charge >= 0.3 is 0 Å². The maximum absolute atomic E-state index is 13.5. The molecule has 1 fully saturated rings. The van der Waals surface area contributed by atoms with Gasteiger partial charge in [0.05, 0.1) is 18.7 Å². The molecule has 2 rings (SSSR count). The van der Waals surface area contributed by atoms with Crippen LogP contribution in [0.1, 0.15) is 25.8 Å². The summed E-state index contributed by atoms with van der Waals surface area (Å²) < 4.78 is 13.0. The lowest BCUT2D eigenvalue weighted by Gasteiger charge is -2.33. The van der Waals surface area contributed by atoms with E-state index >= 15 is 0 Å². The zero-order valence-corrected chi connectivity index (χ0v) is 15.3. The number of hydrogen-bond acceptors (Lipinski definition) is 5. The molecule has 0 aromatic carbocycles. The summed E-state index contributed by atoms with van der Waals surface area (Å²) in [6, 6.07) is 4.28. The Bertz CT molecular complexity index is 595. The van der Waals surface area contributed by atoms with Crippen LogP contribution in [-0.2, 0) is 10.5 Å². The predicted molar refractivity (Wildman–Crippen MR) is 95.5 cm³/mol. The number of nitrogens with two attached hydrogens (primary N) is 1. The Morgan fingerprint density at radius 2 is 2.38 bits per heavy atom. The van der Waals surface area contributed by atoms with E-state index in [1.165, 1.54) is 4.90 Å². The van der Waals surface area contributed by atoms with Crippen LogP contribution in [0.5, 0.6) is 0 Å². The van der Waals surface area contributed by atoms with Crippen LogP contribution < -0.4 is 5.73 Å². The third-order valence-corrected chi connectivity index (χ3v) is 5.51. The second-order valence-corrected chi connectivity index (χ2v) is 7.83. The molecule has 1 saturated heterocycles. The lowest BCUT2D eigenvalue weighted by atomic mass is 10.0. The molecule has 0 aliphatic carbocycles. The maximum Gasteiger partial charge on any atom is 0.242 e. The average molecular weight is 373 g/mol. The summed E-state index contributed by atoms with van der Waals surface area (Å²) in [5.41, 5.74) is 7.19. The van der Waals surface area contributed by atoms with Crippen molar-refractivity contribution in [2.24, 2.45) is 5.73 Å². The van der Waals surface area contributed by atoms with Gasteiger partial charge in [0.1, 0.15) is 12.2 Å². The first-order valence-corrected chi connectivity index (χ1v) is 8.46. The van der Waals surface area contributed by atoms with E-state index in [0.29, 0.717) is 5.75 Å². The molecule has 1 aliphatic rings. The molecule has 1 aliphatic heterocycles. The molecule has 0 radical (unpaired) electrons. The van der Waals surface area contributed by atoms with Crippen molar-refractivity contribution in [3.05, 3.63) is 30.1 Å². The van der Waals surface area contributed by atoms with Crippen LogP contribution in [0.25, 0.3) is 0 Å². The Labute approximate surface area is 152 Å². The second-order valence-electron chi connectivity index (χ2n) is 6.20. The molecule has 1 aromatic rings. The highest BCUT2D eigenvalue weighted by molar-refractivity contribution is 7.99. The number of nitrogens with zero attached hydrogens (tertiary/aromatic N) is 3. The molecular formula is C16H22ClFN4OS. The highest BCUT2D eigenvalue weighted by atomic mass is 35.5. The van der Waals surface area contributed by atoms with Crippen molar-refractivity contribution >= 4 is 30.1 Å². The number of pyridine rings is 1. The number of likely N-dealkylation sites (tertiary alicyclic amines) is 1. The normalized spacial score (nSPS) is 21.7. The van der Waals surface area contributed by atoms with Gasteiger partial charge in [-0.3, -0.25) is 9.78 Å². The van der Waals surface area contributed by atoms with E-state index in [1.807, 2.05) is 32.0 Å². The summed E-state index contributed by atoms with van der Waals surface area (Å²) in [6.07, 6.45) is 2.40. The van der Waals surface area contributed by atoms with E-state index in [2.05, 4.69) is 4.98 Å². The van der Waals surface area contributed by atoms with Crippen molar-refractivity contribution in [1.29, 1.82) is 5.26 Å². The molecule has 1 aromatic heterocycles. The van der Waals surface area contributed by atoms with Gasteiger partial charge in [0.25, 0.3) is 0 Å². The highest BCUT2D eigenvalue weighted by Gasteiger charge is 2.42. The molecule has 24 heavy (non-hydrogen) atoms. The molecule has 2 N–H and O–H groups in total. The van der Waals surface area contributed by atoms with Crippen molar-refractivity contribution < 1.29 is 9.18 Å². The lowest BCUT2D eigenvalue weighted by molar-refractivity contribution is -0.133. The smallest absolute Gasteiger partial charge is 0.242 e. The molecule has 8 heteroatoms. The van der Waals surface area contributed by atoms with Crippen LogP contribution in [0.2, 0.25) is 0 Å². The van der Waals surface area contributed by atoms with Crippen LogP contribution >= 0.6 is 24.2 Å². The van der Waals surface area contributed by atoms with Gasteiger partial charge in [-0.25, -0.2) is 4.39 Å². The van der Waals surface area contributed by atoms with E-state index in [0.717, 1.165) is 5.56 Å². The summed E-state index contributed by atoms with van der Waals surface area (Å²) in [5.74, 6) is 0.315. The van der Waals surface area contributed by atoms with Gasteiger partial charge in [0.15, 0.2) is 0 Å². The average Bonchev–Trinajstić information content (AvgIpc) is 2.93. The Kier molecular flexibility index (Phi) is 7.46. The number of halogens is 2. The molecule has 5 nitrogen and oxygen atoms in total. The number of thioether (sulfide) groups is 1. The Hall–Kier alpha value is -1.36. The standard InChI is InChI=1S/C16H21FN4OS.ClH/c1-16(2,23-10-11-4-3-5-20-8-11)14(19)15(22)21-9-12(17)6-13(21)7-18;/h3-5,8,12-14H,6,9-10,19H2,1-2H3;1H/t12-,13-,14+;/m0./s1. The van der Waals surface area contributed by atoms with Gasteiger partial charge in [0.2, 0.25) is 5.91 Å². The minimum Gasteiger partial charge on any atom is -0.322 e. The Morgan fingerprint density at radius 3 is 2.96 bits per heavy atom. The molecule has 0 unspecified atom stereocenters. The number of carbonyl (C=O) groups excluding carboxylic acids is 1. The van der Waals surface area contributed by atoms with E-state index in [9.17, 15) is 9.18 Å². The van der Waals surface area contributed by atoms with E-state index < -0.39 is 23.0 Å². The molecule has 0 spiro atoms. The number of amides is 1. The fraction of sp³-hybridized carbons (Fsp3) is 0.562. The van der Waals surface area contributed by atoms with Gasteiger partial charge in [-0.15, -0.1) is 24.2 Å². The van der Waals surface area contributed by atoms with Crippen LogP contribution in [0.4, 0.5) is 4.39 Å². The van der Waals surface area contributed by atoms with Crippen molar-refractivity contribution in [2.75, 3.05) is 6.54 Å². The molecule has 0 bridgehead atoms. The van der Waals surface area contributed by atoms with Crippen LogP contribution in [0, 0.1) is 11.3 Å². The van der Waals surface area contributed by atoms with Gasteiger partial charge in [-0.05, 0) is 25.5 Å². The third-order valence-electron chi connectivity index (χ3n) is 4.03. The van der Waals surface area contributed by atoms with Crippen molar-refractivity contribution in [1.82, 2.24) is 9.88 Å². The first-order valence-electron chi connectivity index (χ1n) is 7.47. The lowest BCUT2D eigenvalue weighted by Crippen LogP contribution is -2.54. The number of aromatic nitrogens is 1. The molecule has 132 valence electrons. The number of rotatable bonds is 5. The Morgan fingerprint density at radius 1 is 1.67 bits per heavy atom. The minimum atomic E-state index is -1.15. The van der Waals surface area contributed by atoms with Gasteiger partial charge in [-0.2, -0.15) is 5.26 Å². The minimum absolute atomic E-state index is 0. The summed E-state index contributed by atoms with van der Waals surface area (Å²) >= 11 is 1.55. The monoisotopic (exact) mass is 372 g/mol. The van der Waals surface area contributed by atoms with E-state index in [4.69, 9.17) is 11.0 Å². The van der Waals surface area contributed by atoms with Gasteiger partial charge in [0, 0.05) is 29.3 Å². The summed E-state index contributed by atoms with van der Waals surface area (Å²) in [5, 5.41) is 9.08. The number of carbonyl (C=O) groups is 1. The molecule has 2 heterocycles. The largest absolute Gasteiger partial charge is 0.322 e. The quantitative estimate of drug-likeness (QED) is 0.857. The third kappa shape index (κ3) is 4.82. The highest BCUT2D eigenvalue weighted by Crippen LogP contribution is 2.32. The number of alkyl halides is 1. The predicted octanol–water partition coefficient (Wildman–Crippen LogP) is 2.31. The van der Waals surface area contributed by atoms with E-state index in [-0.39, 0.29) is 31.3 Å². The molecule has 3 atom stereocenters. The Balaban J connectivity index is 0.00000288. The first kappa shape index (κ1) is 20.7. The van der Waals surface area contributed by atoms with Crippen molar-refractivity contribution in [3.8, 4) is 6.07 Å². The van der Waals surface area contributed by atoms with Gasteiger partial charge in [-0.1, -0.05) is 6.07 Å². The fourth-order valence-electron chi connectivity index (χ4n) is 2.47. The summed E-state index contributed by atoms with van der Waals surface area (Å²) in [4.78, 5) is 17.9. The zero-order chi connectivity index (χ0) is 17.0.